The van der Waals surface area contributed by atoms with Crippen LogP contribution >= 0.6 is 0 Å². The molecule has 1 unspecified atom stereocenters. The molecule has 0 saturated carbocycles. The van der Waals surface area contributed by atoms with Crippen LogP contribution in [0.25, 0.3) is 44.1 Å². The van der Waals surface area contributed by atoms with Crippen molar-refractivity contribution in [1.29, 1.82) is 0 Å². The predicted molar refractivity (Wildman–Crippen MR) is 139 cm³/mol. The van der Waals surface area contributed by atoms with Gasteiger partial charge in [-0.2, -0.15) is 12.6 Å². The predicted octanol–water partition coefficient (Wildman–Crippen LogP) is 5.50. The molecule has 0 radical (unpaired) electrons. The number of rotatable bonds is 5. The molecule has 0 aliphatic rings. The zero-order valence-electron chi connectivity index (χ0n) is 19.2. The van der Waals surface area contributed by atoms with Gasteiger partial charge in [-0.05, 0) is 72.5 Å². The molecule has 5 aromatic rings. The van der Waals surface area contributed by atoms with Crippen molar-refractivity contribution in [2.75, 3.05) is 0 Å². The van der Waals surface area contributed by atoms with E-state index in [9.17, 15) is 17.2 Å². The van der Waals surface area contributed by atoms with Crippen LogP contribution in [-0.2, 0) is 21.5 Å². The first-order chi connectivity index (χ1) is 17.1. The van der Waals surface area contributed by atoms with Crippen LogP contribution in [0.4, 0.5) is 0 Å². The lowest BCUT2D eigenvalue weighted by molar-refractivity contribution is 0.458. The summed E-state index contributed by atoms with van der Waals surface area (Å²) >= 11 is -2.40. The molecule has 3 aromatic carbocycles. The molecule has 0 bridgehead atoms. The number of fused-ring (bicyclic) bond motifs is 3. The van der Waals surface area contributed by atoms with Crippen molar-refractivity contribution in [3.8, 4) is 28.0 Å². The van der Waals surface area contributed by atoms with Crippen LogP contribution in [0, 0.1) is 13.8 Å². The van der Waals surface area contributed by atoms with E-state index in [1.54, 1.807) is 24.3 Å². The van der Waals surface area contributed by atoms with Crippen LogP contribution in [0.1, 0.15) is 11.4 Å². The summed E-state index contributed by atoms with van der Waals surface area (Å²) in [6, 6.07) is 20.8. The molecule has 0 amide bonds. The van der Waals surface area contributed by atoms with Crippen molar-refractivity contribution < 1.29 is 25.9 Å². The largest absolute Gasteiger partial charge is 0.380 e. The summed E-state index contributed by atoms with van der Waals surface area (Å²) in [5, 5.41) is 1.74. The highest BCUT2D eigenvalue weighted by atomic mass is 32.2. The van der Waals surface area contributed by atoms with Crippen molar-refractivity contribution in [2.45, 2.75) is 18.7 Å². The number of benzene rings is 3. The third-order valence-corrected chi connectivity index (χ3v) is 7.01. The average molecular weight is 521 g/mol. The zero-order valence-corrected chi connectivity index (χ0v) is 20.8. The maximum Gasteiger partial charge on any atom is 0.357 e. The molecular formula is C26H20N2O6S2. The number of nitrogens with zero attached hydrogens (tertiary/aromatic N) is 2. The Kier molecular flexibility index (Phi) is 6.05. The SMILES string of the molecule is Cc1cc(-c2ccc(OS(=O)O)cc2)c2ccc3c(-c4ccc(S(=O)(=O)O)cc4)cc(C)nc3c2n1. The van der Waals surface area contributed by atoms with Crippen molar-refractivity contribution in [2.24, 2.45) is 0 Å². The van der Waals surface area contributed by atoms with Gasteiger partial charge in [-0.1, -0.05) is 36.4 Å². The van der Waals surface area contributed by atoms with Crippen molar-refractivity contribution in [1.82, 2.24) is 9.97 Å². The second kappa shape index (κ2) is 9.07. The molecule has 182 valence electrons. The van der Waals surface area contributed by atoms with E-state index in [1.165, 1.54) is 12.1 Å². The molecule has 0 aliphatic carbocycles. The molecule has 2 heterocycles. The first-order valence-corrected chi connectivity index (χ1v) is 13.3. The maximum absolute atomic E-state index is 11.4. The first kappa shape index (κ1) is 24.0. The summed E-state index contributed by atoms with van der Waals surface area (Å²) in [5.41, 5.74) is 6.46. The Morgan fingerprint density at radius 1 is 0.750 bits per heavy atom. The van der Waals surface area contributed by atoms with Gasteiger partial charge in [0.05, 0.1) is 15.9 Å². The second-order valence-corrected chi connectivity index (χ2v) is 10.3. The molecule has 0 fully saturated rings. The minimum absolute atomic E-state index is 0.171. The van der Waals surface area contributed by atoms with Gasteiger partial charge >= 0.3 is 11.4 Å². The number of hydrogen-bond donors (Lipinski definition) is 2. The van der Waals surface area contributed by atoms with E-state index in [1.807, 2.05) is 50.2 Å². The monoisotopic (exact) mass is 520 g/mol. The van der Waals surface area contributed by atoms with Gasteiger partial charge in [0.15, 0.2) is 0 Å². The Labute approximate surface area is 209 Å². The molecule has 8 nitrogen and oxygen atoms in total. The van der Waals surface area contributed by atoms with E-state index >= 15 is 0 Å². The summed E-state index contributed by atoms with van der Waals surface area (Å²) in [5.74, 6) is 0.280. The van der Waals surface area contributed by atoms with Gasteiger partial charge in [-0.3, -0.25) is 19.1 Å². The van der Waals surface area contributed by atoms with Crippen molar-refractivity contribution in [3.05, 3.63) is 84.2 Å². The molecule has 2 aromatic heterocycles. The van der Waals surface area contributed by atoms with E-state index < -0.39 is 21.5 Å². The van der Waals surface area contributed by atoms with Crippen LogP contribution in [0.2, 0.25) is 0 Å². The van der Waals surface area contributed by atoms with Gasteiger partial charge in [-0.15, -0.1) is 0 Å². The fourth-order valence-electron chi connectivity index (χ4n) is 4.29. The molecule has 5 rings (SSSR count). The van der Waals surface area contributed by atoms with Gasteiger partial charge < -0.3 is 4.18 Å². The topological polar surface area (TPSA) is 127 Å². The van der Waals surface area contributed by atoms with Crippen molar-refractivity contribution >= 4 is 43.3 Å². The van der Waals surface area contributed by atoms with E-state index in [0.29, 0.717) is 5.52 Å². The van der Waals surface area contributed by atoms with Gasteiger partial charge in [0.1, 0.15) is 5.75 Å². The lowest BCUT2D eigenvalue weighted by Gasteiger charge is -2.14. The maximum atomic E-state index is 11.4. The fourth-order valence-corrected chi connectivity index (χ4v) is 5.04. The highest BCUT2D eigenvalue weighted by Crippen LogP contribution is 2.37. The highest BCUT2D eigenvalue weighted by molar-refractivity contribution is 7.85. The van der Waals surface area contributed by atoms with Gasteiger partial charge in [-0.25, -0.2) is 0 Å². The van der Waals surface area contributed by atoms with E-state index in [4.69, 9.17) is 18.7 Å². The Bertz CT molecular complexity index is 1770. The van der Waals surface area contributed by atoms with Crippen molar-refractivity contribution in [3.63, 3.8) is 0 Å². The van der Waals surface area contributed by atoms with E-state index in [-0.39, 0.29) is 10.6 Å². The minimum Gasteiger partial charge on any atom is -0.380 e. The molecule has 0 spiro atoms. The lowest BCUT2D eigenvalue weighted by atomic mass is 9.95. The molecule has 2 N–H and O–H groups in total. The van der Waals surface area contributed by atoms with Crippen LogP contribution < -0.4 is 4.18 Å². The number of hydrogen-bond acceptors (Lipinski definition) is 6. The Balaban J connectivity index is 1.70. The molecule has 0 aliphatic heterocycles. The average Bonchev–Trinajstić information content (AvgIpc) is 2.83. The van der Waals surface area contributed by atoms with Crippen LogP contribution in [0.3, 0.4) is 0 Å². The summed E-state index contributed by atoms with van der Waals surface area (Å²) in [6.45, 7) is 3.79. The summed E-state index contributed by atoms with van der Waals surface area (Å²) in [7, 11) is -4.28. The van der Waals surface area contributed by atoms with Crippen LogP contribution in [0.5, 0.6) is 5.75 Å². The van der Waals surface area contributed by atoms with Crippen LogP contribution in [0.15, 0.2) is 77.7 Å². The molecular weight excluding hydrogens is 500 g/mol. The first-order valence-electron chi connectivity index (χ1n) is 10.8. The third-order valence-electron chi connectivity index (χ3n) is 5.81. The van der Waals surface area contributed by atoms with E-state index in [2.05, 4.69) is 0 Å². The Morgan fingerprint density at radius 3 is 1.61 bits per heavy atom. The normalized spacial score (nSPS) is 12.7. The van der Waals surface area contributed by atoms with Gasteiger partial charge in [0.25, 0.3) is 10.1 Å². The van der Waals surface area contributed by atoms with Gasteiger partial charge in [0, 0.05) is 22.2 Å². The lowest BCUT2D eigenvalue weighted by Crippen LogP contribution is -1.98. The summed E-state index contributed by atoms with van der Waals surface area (Å²) in [6.07, 6.45) is 0. The van der Waals surface area contributed by atoms with Gasteiger partial charge in [0.2, 0.25) is 0 Å². The fraction of sp³-hybridized carbons (Fsp3) is 0.0769. The third kappa shape index (κ3) is 4.59. The number of aryl methyl sites for hydroxylation is 2. The number of aromatic nitrogens is 2. The molecule has 10 heteroatoms. The summed E-state index contributed by atoms with van der Waals surface area (Å²) in [4.78, 5) is 9.41. The molecule has 0 saturated heterocycles. The quantitative estimate of drug-likeness (QED) is 0.177. The standard InChI is InChI=1S/C26H20N2O6S2/c1-15-13-23(17-3-7-19(8-4-17)34-35(29)30)21-11-12-22-24(14-16(2)28-26(22)25(21)27-15)18-5-9-20(10-6-18)36(31,32)33/h3-14H,1-2H3,(H,29,30)(H,31,32,33). The minimum atomic E-state index is -4.28. The van der Waals surface area contributed by atoms with E-state index in [0.717, 1.165) is 49.9 Å². The summed E-state index contributed by atoms with van der Waals surface area (Å²) < 4.78 is 56.9. The highest BCUT2D eigenvalue weighted by Gasteiger charge is 2.15. The smallest absolute Gasteiger partial charge is 0.357 e. The number of pyridine rings is 2. The van der Waals surface area contributed by atoms with Crippen LogP contribution in [-0.4, -0.2) is 31.7 Å². The Morgan fingerprint density at radius 2 is 1.19 bits per heavy atom. The second-order valence-electron chi connectivity index (χ2n) is 8.30. The Hall–Kier alpha value is -3.70. The molecule has 1 atom stereocenters. The molecule has 36 heavy (non-hydrogen) atoms. The zero-order chi connectivity index (χ0) is 25.6.